The van der Waals surface area contributed by atoms with Crippen molar-refractivity contribution in [3.63, 3.8) is 0 Å². The predicted molar refractivity (Wildman–Crippen MR) is 127 cm³/mol. The highest BCUT2D eigenvalue weighted by molar-refractivity contribution is 9.10. The van der Waals surface area contributed by atoms with E-state index in [1.807, 2.05) is 48.0 Å². The van der Waals surface area contributed by atoms with Gasteiger partial charge in [0.15, 0.2) is 0 Å². The van der Waals surface area contributed by atoms with Crippen molar-refractivity contribution < 1.29 is 14.9 Å². The number of nitrogens with two attached hydrogens (primary N) is 2. The third-order valence-corrected chi connectivity index (χ3v) is 7.09. The van der Waals surface area contributed by atoms with Gasteiger partial charge in [0.1, 0.15) is 23.3 Å². The minimum atomic E-state index is -0.962. The number of nitrogen functional groups attached to an aromatic ring is 2. The van der Waals surface area contributed by atoms with Crippen LogP contribution < -0.4 is 16.2 Å². The summed E-state index contributed by atoms with van der Waals surface area (Å²) in [5, 5.41) is 23.5. The molecule has 1 saturated carbocycles. The number of rotatable bonds is 4. The second kappa shape index (κ2) is 7.61. The normalized spacial score (nSPS) is 25.6. The van der Waals surface area contributed by atoms with Gasteiger partial charge in [-0.25, -0.2) is 9.97 Å². The van der Waals surface area contributed by atoms with Crippen LogP contribution in [-0.4, -0.2) is 43.6 Å². The summed E-state index contributed by atoms with van der Waals surface area (Å²) in [5.74, 6) is 1.03. The summed E-state index contributed by atoms with van der Waals surface area (Å²) in [6, 6.07) is 10.8. The van der Waals surface area contributed by atoms with Crippen molar-refractivity contribution in [1.29, 1.82) is 0 Å². The Labute approximate surface area is 193 Å². The number of hydrogen-bond acceptors (Lipinski definition) is 7. The van der Waals surface area contributed by atoms with Crippen LogP contribution in [-0.2, 0) is 0 Å². The highest BCUT2D eigenvalue weighted by Crippen LogP contribution is 2.46. The molecule has 5 rings (SSSR count). The van der Waals surface area contributed by atoms with Crippen LogP contribution in [0, 0.1) is 5.41 Å². The van der Waals surface area contributed by atoms with Crippen LogP contribution in [0.2, 0.25) is 0 Å². The van der Waals surface area contributed by atoms with Gasteiger partial charge in [-0.3, -0.25) is 0 Å². The fourth-order valence-electron chi connectivity index (χ4n) is 4.57. The van der Waals surface area contributed by atoms with Gasteiger partial charge < -0.3 is 31.0 Å². The van der Waals surface area contributed by atoms with Crippen molar-refractivity contribution in [3.05, 3.63) is 53.3 Å². The van der Waals surface area contributed by atoms with Gasteiger partial charge in [0.2, 0.25) is 0 Å². The monoisotopic (exact) mass is 497 g/mol. The third-order valence-electron chi connectivity index (χ3n) is 6.45. The molecule has 1 fully saturated rings. The average Bonchev–Trinajstić information content (AvgIpc) is 3.29. The van der Waals surface area contributed by atoms with E-state index in [0.717, 1.165) is 20.8 Å². The summed E-state index contributed by atoms with van der Waals surface area (Å²) >= 11 is 3.39. The average molecular weight is 498 g/mol. The minimum Gasteiger partial charge on any atom is -0.493 e. The van der Waals surface area contributed by atoms with Gasteiger partial charge in [-0.15, -0.1) is 0 Å². The number of ether oxygens (including phenoxy) is 1. The number of aliphatic hydroxyl groups excluding tert-OH is 2. The highest BCUT2D eigenvalue weighted by Gasteiger charge is 2.51. The standard InChI is InChI=1S/C23H24BrN5O3/c1-23(11-32-13-3-2-12-8-15(24)21(26)28-17(12)9-13)10-18(19(30)20(23)31)29-7-5-14-16(25)4-6-27-22(14)29/h2-9,18-20,30-31H,10-11H2,1H3,(H2,25,27)(H2,26,28)/t18-,19+,20+,23-/m1/s1. The Morgan fingerprint density at radius 1 is 1.22 bits per heavy atom. The van der Waals surface area contributed by atoms with Crippen molar-refractivity contribution in [1.82, 2.24) is 14.5 Å². The smallest absolute Gasteiger partial charge is 0.142 e. The minimum absolute atomic E-state index is 0.230. The van der Waals surface area contributed by atoms with Gasteiger partial charge in [0.25, 0.3) is 0 Å². The van der Waals surface area contributed by atoms with Crippen LogP contribution >= 0.6 is 15.9 Å². The first kappa shape index (κ1) is 21.0. The zero-order chi connectivity index (χ0) is 22.6. The van der Waals surface area contributed by atoms with E-state index in [1.54, 1.807) is 12.3 Å². The van der Waals surface area contributed by atoms with Crippen molar-refractivity contribution in [3.8, 4) is 5.75 Å². The maximum atomic E-state index is 10.9. The van der Waals surface area contributed by atoms with Crippen LogP contribution in [0.25, 0.3) is 21.9 Å². The Morgan fingerprint density at radius 2 is 2.03 bits per heavy atom. The first-order valence-corrected chi connectivity index (χ1v) is 11.1. The largest absolute Gasteiger partial charge is 0.493 e. The molecule has 6 N–H and O–H groups in total. The van der Waals surface area contributed by atoms with Gasteiger partial charge in [-0.2, -0.15) is 0 Å². The molecule has 0 amide bonds. The number of pyridine rings is 2. The molecule has 1 aromatic carbocycles. The van der Waals surface area contributed by atoms with Crippen molar-refractivity contribution in [2.45, 2.75) is 31.6 Å². The molecule has 4 atom stereocenters. The topological polar surface area (TPSA) is 132 Å². The lowest BCUT2D eigenvalue weighted by Gasteiger charge is -2.28. The van der Waals surface area contributed by atoms with Gasteiger partial charge in [0.05, 0.1) is 28.7 Å². The fraction of sp³-hybridized carbons (Fsp3) is 0.304. The van der Waals surface area contributed by atoms with E-state index >= 15 is 0 Å². The molecule has 9 heteroatoms. The van der Waals surface area contributed by atoms with Crippen molar-refractivity contribution in [2.75, 3.05) is 18.1 Å². The first-order valence-electron chi connectivity index (χ1n) is 10.3. The highest BCUT2D eigenvalue weighted by atomic mass is 79.9. The molecule has 0 radical (unpaired) electrons. The number of anilines is 2. The van der Waals surface area contributed by atoms with Gasteiger partial charge in [0, 0.05) is 40.3 Å². The quantitative estimate of drug-likeness (QED) is 0.340. The number of fused-ring (bicyclic) bond motifs is 2. The fourth-order valence-corrected chi connectivity index (χ4v) is 4.90. The molecule has 3 heterocycles. The summed E-state index contributed by atoms with van der Waals surface area (Å²) in [5.41, 5.74) is 13.3. The molecule has 32 heavy (non-hydrogen) atoms. The molecule has 1 aliphatic rings. The van der Waals surface area contributed by atoms with E-state index in [-0.39, 0.29) is 12.6 Å². The number of halogens is 1. The SMILES string of the molecule is C[C@]1(COc2ccc3cc(Br)c(N)nc3c2)C[C@@H](n2ccc3c(N)ccnc32)[C@H](O)[C@@H]1O. The zero-order valence-electron chi connectivity index (χ0n) is 17.4. The lowest BCUT2D eigenvalue weighted by molar-refractivity contribution is -0.0364. The molecule has 0 bridgehead atoms. The van der Waals surface area contributed by atoms with E-state index in [1.165, 1.54) is 0 Å². The predicted octanol–water partition coefficient (Wildman–Crippen LogP) is 3.26. The third kappa shape index (κ3) is 3.37. The van der Waals surface area contributed by atoms with Gasteiger partial charge in [-0.05, 0) is 52.7 Å². The summed E-state index contributed by atoms with van der Waals surface area (Å²) < 4.78 is 8.69. The molecule has 0 unspecified atom stereocenters. The number of benzene rings is 1. The Kier molecular flexibility index (Phi) is 4.99. The lowest BCUT2D eigenvalue weighted by Crippen LogP contribution is -2.38. The Hall–Kier alpha value is -2.88. The second-order valence-corrected chi connectivity index (χ2v) is 9.57. The molecular weight excluding hydrogens is 474 g/mol. The van der Waals surface area contributed by atoms with Crippen molar-refractivity contribution >= 4 is 49.4 Å². The van der Waals surface area contributed by atoms with Crippen LogP contribution in [0.5, 0.6) is 5.75 Å². The molecule has 0 aliphatic heterocycles. The van der Waals surface area contributed by atoms with Crippen LogP contribution in [0.3, 0.4) is 0 Å². The van der Waals surface area contributed by atoms with Crippen molar-refractivity contribution in [2.24, 2.45) is 5.41 Å². The Balaban J connectivity index is 1.38. The van der Waals surface area contributed by atoms with E-state index in [9.17, 15) is 10.2 Å². The summed E-state index contributed by atoms with van der Waals surface area (Å²) in [7, 11) is 0. The first-order chi connectivity index (χ1) is 15.3. The van der Waals surface area contributed by atoms with E-state index in [0.29, 0.717) is 29.3 Å². The molecule has 166 valence electrons. The molecule has 3 aromatic heterocycles. The number of nitrogens with zero attached hydrogens (tertiary/aromatic N) is 3. The lowest BCUT2D eigenvalue weighted by atomic mass is 9.87. The van der Waals surface area contributed by atoms with E-state index < -0.39 is 17.6 Å². The summed E-state index contributed by atoms with van der Waals surface area (Å²) in [6.45, 7) is 2.15. The van der Waals surface area contributed by atoms with E-state index in [4.69, 9.17) is 16.2 Å². The zero-order valence-corrected chi connectivity index (χ0v) is 19.0. The maximum absolute atomic E-state index is 10.9. The molecular formula is C23H24BrN5O3. The Bertz CT molecular complexity index is 1330. The maximum Gasteiger partial charge on any atom is 0.142 e. The molecule has 8 nitrogen and oxygen atoms in total. The second-order valence-electron chi connectivity index (χ2n) is 8.72. The molecule has 4 aromatic rings. The van der Waals surface area contributed by atoms with Gasteiger partial charge in [-0.1, -0.05) is 6.92 Å². The number of aromatic nitrogens is 3. The molecule has 0 saturated heterocycles. The Morgan fingerprint density at radius 3 is 2.84 bits per heavy atom. The molecule has 1 aliphatic carbocycles. The van der Waals surface area contributed by atoms with Crippen LogP contribution in [0.4, 0.5) is 11.5 Å². The number of aliphatic hydroxyl groups is 2. The van der Waals surface area contributed by atoms with Crippen LogP contribution in [0.15, 0.2) is 53.3 Å². The van der Waals surface area contributed by atoms with E-state index in [2.05, 4.69) is 25.9 Å². The molecule has 0 spiro atoms. The summed E-state index contributed by atoms with van der Waals surface area (Å²) in [4.78, 5) is 8.81. The van der Waals surface area contributed by atoms with Gasteiger partial charge >= 0.3 is 0 Å². The number of hydrogen-bond donors (Lipinski definition) is 4. The summed E-state index contributed by atoms with van der Waals surface area (Å²) in [6.07, 6.45) is 2.10. The van der Waals surface area contributed by atoms with Crippen LogP contribution in [0.1, 0.15) is 19.4 Å².